The molecule has 18 heavy (non-hydrogen) atoms. The fourth-order valence-electron chi connectivity index (χ4n) is 2.03. The number of nitro groups is 1. The topological polar surface area (TPSA) is 71.9 Å². The normalized spacial score (nSPS) is 10.8. The third-order valence-electron chi connectivity index (χ3n) is 2.76. The number of benzene rings is 1. The molecule has 0 unspecified atom stereocenters. The summed E-state index contributed by atoms with van der Waals surface area (Å²) in [6.45, 7) is 4.96. The van der Waals surface area contributed by atoms with E-state index in [1.54, 1.807) is 12.3 Å². The lowest BCUT2D eigenvalue weighted by molar-refractivity contribution is -0.384. The molecular formula is C13H13N3O2. The van der Waals surface area contributed by atoms with Gasteiger partial charge in [0.2, 0.25) is 0 Å². The van der Waals surface area contributed by atoms with Gasteiger partial charge in [-0.2, -0.15) is 5.26 Å². The van der Waals surface area contributed by atoms with Crippen molar-refractivity contribution in [1.82, 2.24) is 4.57 Å². The van der Waals surface area contributed by atoms with Crippen molar-refractivity contribution < 1.29 is 4.92 Å². The van der Waals surface area contributed by atoms with Gasteiger partial charge in [0.15, 0.2) is 0 Å². The minimum Gasteiger partial charge on any atom is -0.346 e. The van der Waals surface area contributed by atoms with Gasteiger partial charge in [-0.3, -0.25) is 10.1 Å². The number of aromatic nitrogens is 1. The number of hydrogen-bond donors (Lipinski definition) is 0. The summed E-state index contributed by atoms with van der Waals surface area (Å²) < 4.78 is 1.97. The molecule has 2 rings (SSSR count). The van der Waals surface area contributed by atoms with Gasteiger partial charge in [-0.05, 0) is 12.0 Å². The van der Waals surface area contributed by atoms with E-state index in [4.69, 9.17) is 5.26 Å². The minimum absolute atomic E-state index is 0.0151. The van der Waals surface area contributed by atoms with E-state index in [2.05, 4.69) is 19.9 Å². The number of nitriles is 1. The summed E-state index contributed by atoms with van der Waals surface area (Å²) in [6.07, 6.45) is 1.76. The number of hydrogen-bond acceptors (Lipinski definition) is 3. The van der Waals surface area contributed by atoms with Gasteiger partial charge >= 0.3 is 0 Å². The molecule has 0 amide bonds. The van der Waals surface area contributed by atoms with Crippen LogP contribution >= 0.6 is 0 Å². The maximum absolute atomic E-state index is 10.7. The Morgan fingerprint density at radius 3 is 2.78 bits per heavy atom. The van der Waals surface area contributed by atoms with Crippen LogP contribution in [0.15, 0.2) is 24.4 Å². The van der Waals surface area contributed by atoms with Crippen molar-refractivity contribution >= 4 is 16.6 Å². The fourth-order valence-corrected chi connectivity index (χ4v) is 2.03. The molecule has 0 fully saturated rings. The van der Waals surface area contributed by atoms with Gasteiger partial charge in [0.1, 0.15) is 6.07 Å². The molecule has 92 valence electrons. The van der Waals surface area contributed by atoms with Crippen molar-refractivity contribution in [2.24, 2.45) is 5.92 Å². The van der Waals surface area contributed by atoms with E-state index in [-0.39, 0.29) is 5.69 Å². The quantitative estimate of drug-likeness (QED) is 0.614. The highest BCUT2D eigenvalue weighted by Gasteiger charge is 2.13. The first-order valence-electron chi connectivity index (χ1n) is 5.70. The molecule has 0 N–H and O–H groups in total. The molecule has 2 aromatic rings. The van der Waals surface area contributed by atoms with Gasteiger partial charge < -0.3 is 4.57 Å². The molecule has 0 bridgehead atoms. The van der Waals surface area contributed by atoms with E-state index in [1.807, 2.05) is 4.57 Å². The lowest BCUT2D eigenvalue weighted by Gasteiger charge is -2.07. The van der Waals surface area contributed by atoms with Crippen LogP contribution in [-0.4, -0.2) is 9.49 Å². The van der Waals surface area contributed by atoms with E-state index < -0.39 is 4.92 Å². The van der Waals surface area contributed by atoms with E-state index in [0.29, 0.717) is 16.9 Å². The average Bonchev–Trinajstić information content (AvgIpc) is 2.66. The number of non-ortho nitro benzene ring substituents is 1. The monoisotopic (exact) mass is 243 g/mol. The Morgan fingerprint density at radius 1 is 1.50 bits per heavy atom. The Balaban J connectivity index is 2.64. The van der Waals surface area contributed by atoms with Crippen LogP contribution in [-0.2, 0) is 6.54 Å². The molecule has 0 aliphatic heterocycles. The molecule has 0 aliphatic carbocycles. The summed E-state index contributed by atoms with van der Waals surface area (Å²) in [5.74, 6) is 0.447. The van der Waals surface area contributed by atoms with Crippen molar-refractivity contribution in [2.75, 3.05) is 0 Å². The zero-order valence-corrected chi connectivity index (χ0v) is 10.3. The molecule has 0 atom stereocenters. The second kappa shape index (κ2) is 4.49. The van der Waals surface area contributed by atoms with Gasteiger partial charge in [-0.25, -0.2) is 0 Å². The predicted molar refractivity (Wildman–Crippen MR) is 68.1 cm³/mol. The van der Waals surface area contributed by atoms with Crippen molar-refractivity contribution in [3.05, 3.63) is 40.1 Å². The van der Waals surface area contributed by atoms with Crippen molar-refractivity contribution in [3.8, 4) is 6.07 Å². The maximum atomic E-state index is 10.7. The van der Waals surface area contributed by atoms with Crippen LogP contribution in [0.3, 0.4) is 0 Å². The lowest BCUT2D eigenvalue weighted by Crippen LogP contribution is -2.02. The van der Waals surface area contributed by atoms with Gasteiger partial charge in [0, 0.05) is 35.8 Å². The van der Waals surface area contributed by atoms with Crippen LogP contribution in [0.1, 0.15) is 19.4 Å². The maximum Gasteiger partial charge on any atom is 0.270 e. The van der Waals surface area contributed by atoms with Gasteiger partial charge in [-0.15, -0.1) is 0 Å². The van der Waals surface area contributed by atoms with Crippen molar-refractivity contribution in [3.63, 3.8) is 0 Å². The molecule has 1 heterocycles. The lowest BCUT2D eigenvalue weighted by atomic mass is 10.1. The second-order valence-corrected chi connectivity index (χ2v) is 4.66. The van der Waals surface area contributed by atoms with Crippen molar-refractivity contribution in [2.45, 2.75) is 20.4 Å². The zero-order valence-electron chi connectivity index (χ0n) is 10.3. The van der Waals surface area contributed by atoms with E-state index >= 15 is 0 Å². The van der Waals surface area contributed by atoms with E-state index in [9.17, 15) is 10.1 Å². The number of nitro benzene ring substituents is 1. The first kappa shape index (κ1) is 12.1. The molecule has 0 radical (unpaired) electrons. The van der Waals surface area contributed by atoms with Gasteiger partial charge in [0.25, 0.3) is 5.69 Å². The van der Waals surface area contributed by atoms with Crippen LogP contribution < -0.4 is 0 Å². The summed E-state index contributed by atoms with van der Waals surface area (Å²) >= 11 is 0. The predicted octanol–water partition coefficient (Wildman–Crippen LogP) is 3.08. The van der Waals surface area contributed by atoms with E-state index in [1.165, 1.54) is 12.1 Å². The van der Waals surface area contributed by atoms with Crippen LogP contribution in [0.4, 0.5) is 5.69 Å². The summed E-state index contributed by atoms with van der Waals surface area (Å²) in [5.41, 5.74) is 1.36. The Morgan fingerprint density at radius 2 is 2.22 bits per heavy atom. The highest BCUT2D eigenvalue weighted by molar-refractivity contribution is 5.88. The van der Waals surface area contributed by atoms with Crippen molar-refractivity contribution in [1.29, 1.82) is 5.26 Å². The molecule has 5 nitrogen and oxygen atoms in total. The third kappa shape index (κ3) is 2.05. The SMILES string of the molecule is CC(C)Cn1cc(C#N)c2cc([N+](=O)[O-])ccc21. The first-order valence-corrected chi connectivity index (χ1v) is 5.70. The highest BCUT2D eigenvalue weighted by atomic mass is 16.6. The Kier molecular flexibility index (Phi) is 3.02. The molecule has 0 saturated heterocycles. The Bertz CT molecular complexity index is 650. The summed E-state index contributed by atoms with van der Waals surface area (Å²) in [6, 6.07) is 6.73. The van der Waals surface area contributed by atoms with Crippen LogP contribution in [0.5, 0.6) is 0 Å². The Hall–Kier alpha value is -2.35. The van der Waals surface area contributed by atoms with Crippen LogP contribution in [0.25, 0.3) is 10.9 Å². The molecular weight excluding hydrogens is 230 g/mol. The first-order chi connectivity index (χ1) is 8.52. The third-order valence-corrected chi connectivity index (χ3v) is 2.76. The Labute approximate surface area is 104 Å². The summed E-state index contributed by atoms with van der Waals surface area (Å²) in [4.78, 5) is 10.3. The molecule has 1 aromatic carbocycles. The van der Waals surface area contributed by atoms with E-state index in [0.717, 1.165) is 12.1 Å². The zero-order chi connectivity index (χ0) is 13.3. The molecule has 5 heteroatoms. The molecule has 0 spiro atoms. The summed E-state index contributed by atoms with van der Waals surface area (Å²) in [5, 5.41) is 20.5. The van der Waals surface area contributed by atoms with Crippen LogP contribution in [0.2, 0.25) is 0 Å². The van der Waals surface area contributed by atoms with Crippen LogP contribution in [0, 0.1) is 27.4 Å². The van der Waals surface area contributed by atoms with Gasteiger partial charge in [-0.1, -0.05) is 13.8 Å². The fraction of sp³-hybridized carbons (Fsp3) is 0.308. The molecule has 0 saturated carbocycles. The second-order valence-electron chi connectivity index (χ2n) is 4.66. The number of nitrogens with zero attached hydrogens (tertiary/aromatic N) is 3. The standard InChI is InChI=1S/C13H13N3O2/c1-9(2)7-15-8-10(6-14)12-5-11(16(17)18)3-4-13(12)15/h3-5,8-9H,7H2,1-2H3. The molecule has 0 aliphatic rings. The summed E-state index contributed by atoms with van der Waals surface area (Å²) in [7, 11) is 0. The van der Waals surface area contributed by atoms with Gasteiger partial charge in [0.05, 0.1) is 10.5 Å². The minimum atomic E-state index is -0.444. The smallest absolute Gasteiger partial charge is 0.270 e. The number of rotatable bonds is 3. The molecule has 1 aromatic heterocycles. The average molecular weight is 243 g/mol. The largest absolute Gasteiger partial charge is 0.346 e. The number of fused-ring (bicyclic) bond motifs is 1. The highest BCUT2D eigenvalue weighted by Crippen LogP contribution is 2.26.